The molecule has 0 aliphatic heterocycles. The van der Waals surface area contributed by atoms with Crippen LogP contribution in [0.5, 0.6) is 5.75 Å². The van der Waals surface area contributed by atoms with Gasteiger partial charge in [0.15, 0.2) is 0 Å². The van der Waals surface area contributed by atoms with Gasteiger partial charge in [0.05, 0.1) is 11.6 Å². The second kappa shape index (κ2) is 4.11. The maximum Gasteiger partial charge on any atom is 0.339 e. The van der Waals surface area contributed by atoms with Gasteiger partial charge in [0.25, 0.3) is 0 Å². The largest absolute Gasteiger partial charge is 0.507 e. The number of carboxylic acids is 1. The number of carbonyl (C=O) groups is 1. The standard InChI is InChI=1S/C9H6BrNO3/c10-3-5-1-7(9(13)14)8(12)2-6(5)4-11/h1-2,12H,3H2,(H,13,14). The topological polar surface area (TPSA) is 81.3 Å². The molecular weight excluding hydrogens is 250 g/mol. The molecule has 4 nitrogen and oxygen atoms in total. The van der Waals surface area contributed by atoms with Gasteiger partial charge < -0.3 is 10.2 Å². The lowest BCUT2D eigenvalue weighted by atomic mass is 10.1. The molecule has 0 radical (unpaired) electrons. The highest BCUT2D eigenvalue weighted by atomic mass is 79.9. The lowest BCUT2D eigenvalue weighted by Crippen LogP contribution is -1.99. The minimum absolute atomic E-state index is 0.196. The SMILES string of the molecule is N#Cc1cc(O)c(C(=O)O)cc1CBr. The second-order valence-corrected chi connectivity index (χ2v) is 3.14. The molecule has 1 rings (SSSR count). The Kier molecular flexibility index (Phi) is 3.10. The van der Waals surface area contributed by atoms with E-state index < -0.39 is 11.7 Å². The summed E-state index contributed by atoms with van der Waals surface area (Å²) in [6, 6.07) is 4.31. The molecule has 0 atom stereocenters. The first-order chi connectivity index (χ1) is 6.60. The van der Waals surface area contributed by atoms with E-state index in [2.05, 4.69) is 15.9 Å². The number of hydrogen-bond acceptors (Lipinski definition) is 3. The Morgan fingerprint density at radius 1 is 1.57 bits per heavy atom. The molecule has 0 aliphatic carbocycles. The molecule has 5 heteroatoms. The van der Waals surface area contributed by atoms with E-state index in [4.69, 9.17) is 10.4 Å². The monoisotopic (exact) mass is 255 g/mol. The number of rotatable bonds is 2. The molecule has 2 N–H and O–H groups in total. The van der Waals surface area contributed by atoms with E-state index in [9.17, 15) is 9.90 Å². The van der Waals surface area contributed by atoms with E-state index in [-0.39, 0.29) is 11.1 Å². The molecule has 0 heterocycles. The van der Waals surface area contributed by atoms with Gasteiger partial charge in [0, 0.05) is 5.33 Å². The van der Waals surface area contributed by atoms with Crippen LogP contribution in [0.25, 0.3) is 0 Å². The van der Waals surface area contributed by atoms with Crippen molar-refractivity contribution in [2.75, 3.05) is 0 Å². The summed E-state index contributed by atoms with van der Waals surface area (Å²) < 4.78 is 0. The third kappa shape index (κ3) is 1.86. The summed E-state index contributed by atoms with van der Waals surface area (Å²) in [5.74, 6) is -1.60. The fourth-order valence-corrected chi connectivity index (χ4v) is 1.48. The van der Waals surface area contributed by atoms with Gasteiger partial charge in [-0.15, -0.1) is 0 Å². The van der Waals surface area contributed by atoms with Crippen molar-refractivity contribution in [3.05, 3.63) is 28.8 Å². The Balaban J connectivity index is 3.39. The van der Waals surface area contributed by atoms with E-state index in [1.807, 2.05) is 6.07 Å². The number of nitriles is 1. The number of aromatic carboxylic acids is 1. The molecule has 0 saturated carbocycles. The third-order valence-electron chi connectivity index (χ3n) is 1.72. The zero-order valence-electron chi connectivity index (χ0n) is 6.99. The van der Waals surface area contributed by atoms with Gasteiger partial charge in [-0.25, -0.2) is 4.79 Å². The quantitative estimate of drug-likeness (QED) is 0.791. The highest BCUT2D eigenvalue weighted by molar-refractivity contribution is 9.08. The summed E-state index contributed by atoms with van der Waals surface area (Å²) in [6.07, 6.45) is 0. The molecule has 0 saturated heterocycles. The highest BCUT2D eigenvalue weighted by Gasteiger charge is 2.13. The number of alkyl halides is 1. The first-order valence-corrected chi connectivity index (χ1v) is 4.77. The minimum Gasteiger partial charge on any atom is -0.507 e. The molecule has 0 spiro atoms. The third-order valence-corrected chi connectivity index (χ3v) is 2.32. The number of carboxylic acid groups (broad SMARTS) is 1. The van der Waals surface area contributed by atoms with Crippen LogP contribution in [0.15, 0.2) is 12.1 Å². The molecule has 1 aromatic rings. The number of halogens is 1. The summed E-state index contributed by atoms with van der Waals surface area (Å²) in [5.41, 5.74) is 0.616. The maximum atomic E-state index is 10.6. The molecule has 0 amide bonds. The molecule has 0 bridgehead atoms. The molecule has 0 unspecified atom stereocenters. The summed E-state index contributed by atoms with van der Waals surface area (Å²) in [6.45, 7) is 0. The lowest BCUT2D eigenvalue weighted by molar-refractivity contribution is 0.0693. The van der Waals surface area contributed by atoms with E-state index in [0.29, 0.717) is 10.9 Å². The van der Waals surface area contributed by atoms with Crippen molar-refractivity contribution in [2.24, 2.45) is 0 Å². The number of benzene rings is 1. The molecule has 0 fully saturated rings. The van der Waals surface area contributed by atoms with Gasteiger partial charge in [-0.1, -0.05) is 15.9 Å². The van der Waals surface area contributed by atoms with Gasteiger partial charge in [-0.05, 0) is 17.7 Å². The van der Waals surface area contributed by atoms with Crippen LogP contribution >= 0.6 is 15.9 Å². The smallest absolute Gasteiger partial charge is 0.339 e. The number of nitrogens with zero attached hydrogens (tertiary/aromatic N) is 1. The molecule has 0 aliphatic rings. The Bertz CT molecular complexity index is 423. The molecule has 0 aromatic heterocycles. The van der Waals surface area contributed by atoms with Crippen LogP contribution in [0, 0.1) is 11.3 Å². The summed E-state index contributed by atoms with van der Waals surface area (Å²) >= 11 is 3.13. The van der Waals surface area contributed by atoms with Crippen LogP contribution in [0.1, 0.15) is 21.5 Å². The van der Waals surface area contributed by atoms with Crippen LogP contribution in [0.3, 0.4) is 0 Å². The number of hydrogen-bond donors (Lipinski definition) is 2. The van der Waals surface area contributed by atoms with Crippen molar-refractivity contribution in [2.45, 2.75) is 5.33 Å². The fraction of sp³-hybridized carbons (Fsp3) is 0.111. The van der Waals surface area contributed by atoms with Gasteiger partial charge in [-0.3, -0.25) is 0 Å². The molecular formula is C9H6BrNO3. The molecule has 14 heavy (non-hydrogen) atoms. The van der Waals surface area contributed by atoms with E-state index in [0.717, 1.165) is 6.07 Å². The normalized spacial score (nSPS) is 9.43. The van der Waals surface area contributed by atoms with Crippen LogP contribution in [-0.4, -0.2) is 16.2 Å². The maximum absolute atomic E-state index is 10.6. The summed E-state index contributed by atoms with van der Waals surface area (Å²) in [7, 11) is 0. The van der Waals surface area contributed by atoms with Crippen molar-refractivity contribution in [3.8, 4) is 11.8 Å². The van der Waals surface area contributed by atoms with Gasteiger partial charge in [0.1, 0.15) is 11.3 Å². The lowest BCUT2D eigenvalue weighted by Gasteiger charge is -2.04. The van der Waals surface area contributed by atoms with Crippen LogP contribution in [0.4, 0.5) is 0 Å². The predicted octanol–water partition coefficient (Wildman–Crippen LogP) is 1.86. The van der Waals surface area contributed by atoms with Gasteiger partial charge in [-0.2, -0.15) is 5.26 Å². The highest BCUT2D eigenvalue weighted by Crippen LogP contribution is 2.23. The average Bonchev–Trinajstić information content (AvgIpc) is 2.16. The zero-order chi connectivity index (χ0) is 10.7. The molecule has 1 aromatic carbocycles. The van der Waals surface area contributed by atoms with Crippen molar-refractivity contribution in [1.82, 2.24) is 0 Å². The van der Waals surface area contributed by atoms with Crippen LogP contribution < -0.4 is 0 Å². The van der Waals surface area contributed by atoms with Crippen molar-refractivity contribution in [3.63, 3.8) is 0 Å². The van der Waals surface area contributed by atoms with E-state index in [1.165, 1.54) is 6.07 Å². The van der Waals surface area contributed by atoms with Crippen molar-refractivity contribution < 1.29 is 15.0 Å². The predicted molar refractivity (Wildman–Crippen MR) is 52.4 cm³/mol. The van der Waals surface area contributed by atoms with Gasteiger partial charge >= 0.3 is 5.97 Å². The fourth-order valence-electron chi connectivity index (χ4n) is 1.02. The number of phenols is 1. The van der Waals surface area contributed by atoms with Crippen LogP contribution in [0.2, 0.25) is 0 Å². The summed E-state index contributed by atoms with van der Waals surface area (Å²) in [4.78, 5) is 10.6. The van der Waals surface area contributed by atoms with Gasteiger partial charge in [0.2, 0.25) is 0 Å². The molecule has 72 valence electrons. The van der Waals surface area contributed by atoms with E-state index >= 15 is 0 Å². The first-order valence-electron chi connectivity index (χ1n) is 3.65. The minimum atomic E-state index is -1.21. The summed E-state index contributed by atoms with van der Waals surface area (Å²) in [5, 5.41) is 27.0. The second-order valence-electron chi connectivity index (χ2n) is 2.58. The number of aromatic hydroxyl groups is 1. The van der Waals surface area contributed by atoms with Crippen molar-refractivity contribution in [1.29, 1.82) is 5.26 Å². The Hall–Kier alpha value is -1.54. The van der Waals surface area contributed by atoms with Crippen molar-refractivity contribution >= 4 is 21.9 Å². The van der Waals surface area contributed by atoms with Crippen LogP contribution in [-0.2, 0) is 5.33 Å². The zero-order valence-corrected chi connectivity index (χ0v) is 8.58. The average molecular weight is 256 g/mol. The Labute approximate surface area is 88.5 Å². The first kappa shape index (κ1) is 10.5. The van der Waals surface area contributed by atoms with E-state index in [1.54, 1.807) is 0 Å². The Morgan fingerprint density at radius 3 is 2.64 bits per heavy atom. The Morgan fingerprint density at radius 2 is 2.21 bits per heavy atom.